The Morgan fingerprint density at radius 2 is 1.86 bits per heavy atom. The second kappa shape index (κ2) is 8.22. The van der Waals surface area contributed by atoms with Gasteiger partial charge in [0.1, 0.15) is 12.7 Å². The van der Waals surface area contributed by atoms with Gasteiger partial charge < -0.3 is 14.5 Å². The summed E-state index contributed by atoms with van der Waals surface area (Å²) in [6, 6.07) is 15.7. The van der Waals surface area contributed by atoms with Gasteiger partial charge in [0.15, 0.2) is 0 Å². The number of ether oxygens (including phenoxy) is 1. The van der Waals surface area contributed by atoms with E-state index in [1.54, 1.807) is 15.9 Å². The average Bonchev–Trinajstić information content (AvgIpc) is 3.29. The van der Waals surface area contributed by atoms with E-state index in [0.29, 0.717) is 12.1 Å². The van der Waals surface area contributed by atoms with Gasteiger partial charge in [-0.1, -0.05) is 18.2 Å². The van der Waals surface area contributed by atoms with Crippen LogP contribution in [0.15, 0.2) is 61.2 Å². The lowest BCUT2D eigenvalue weighted by Gasteiger charge is -2.31. The molecule has 1 aromatic heterocycles. The van der Waals surface area contributed by atoms with Gasteiger partial charge in [-0.05, 0) is 35.9 Å². The smallest absolute Gasteiger partial charge is 0.253 e. The molecule has 144 valence electrons. The van der Waals surface area contributed by atoms with Crippen LogP contribution < -0.4 is 4.90 Å². The second-order valence-electron chi connectivity index (χ2n) is 6.78. The summed E-state index contributed by atoms with van der Waals surface area (Å²) in [5, 5.41) is 4.10. The molecule has 4 rings (SSSR count). The van der Waals surface area contributed by atoms with Crippen LogP contribution in [0.4, 0.5) is 5.69 Å². The summed E-state index contributed by atoms with van der Waals surface area (Å²) in [5.74, 6) is -0.0121. The van der Waals surface area contributed by atoms with E-state index in [1.807, 2.05) is 43.4 Å². The van der Waals surface area contributed by atoms with Crippen molar-refractivity contribution in [3.8, 4) is 5.69 Å². The van der Waals surface area contributed by atoms with Gasteiger partial charge in [-0.2, -0.15) is 5.10 Å². The number of carbonyl (C=O) groups is 1. The van der Waals surface area contributed by atoms with Crippen LogP contribution in [0.25, 0.3) is 5.69 Å². The highest BCUT2D eigenvalue weighted by Gasteiger charge is 2.18. The number of morpholine rings is 1. The number of amides is 1. The normalized spacial score (nSPS) is 14.1. The van der Waals surface area contributed by atoms with Crippen molar-refractivity contribution < 1.29 is 9.53 Å². The minimum absolute atomic E-state index is 0.0121. The zero-order valence-corrected chi connectivity index (χ0v) is 15.9. The largest absolute Gasteiger partial charge is 0.378 e. The van der Waals surface area contributed by atoms with Crippen molar-refractivity contribution in [1.82, 2.24) is 19.7 Å². The fraction of sp³-hybridized carbons (Fsp3) is 0.286. The molecule has 0 unspecified atom stereocenters. The first-order chi connectivity index (χ1) is 13.7. The molecule has 0 radical (unpaired) electrons. The highest BCUT2D eigenvalue weighted by Crippen LogP contribution is 2.23. The van der Waals surface area contributed by atoms with Gasteiger partial charge in [0.05, 0.1) is 18.9 Å². The summed E-state index contributed by atoms with van der Waals surface area (Å²) in [7, 11) is 1.84. The monoisotopic (exact) mass is 377 g/mol. The molecule has 1 fully saturated rings. The van der Waals surface area contributed by atoms with Crippen molar-refractivity contribution in [2.24, 2.45) is 0 Å². The molecular formula is C21H23N5O2. The molecule has 1 amide bonds. The number of para-hydroxylation sites is 1. The van der Waals surface area contributed by atoms with Gasteiger partial charge in [0, 0.05) is 37.9 Å². The zero-order valence-electron chi connectivity index (χ0n) is 15.9. The van der Waals surface area contributed by atoms with E-state index >= 15 is 0 Å². The van der Waals surface area contributed by atoms with Crippen LogP contribution >= 0.6 is 0 Å². The second-order valence-corrected chi connectivity index (χ2v) is 6.78. The van der Waals surface area contributed by atoms with Gasteiger partial charge in [-0.3, -0.25) is 4.79 Å². The highest BCUT2D eigenvalue weighted by atomic mass is 16.5. The molecule has 0 saturated carbocycles. The van der Waals surface area contributed by atoms with Crippen molar-refractivity contribution in [1.29, 1.82) is 0 Å². The number of benzene rings is 2. The first-order valence-corrected chi connectivity index (χ1v) is 9.33. The summed E-state index contributed by atoms with van der Waals surface area (Å²) in [6.45, 7) is 3.77. The number of hydrogen-bond donors (Lipinski definition) is 0. The number of rotatable bonds is 5. The lowest BCUT2D eigenvalue weighted by Crippen LogP contribution is -2.37. The lowest BCUT2D eigenvalue weighted by atomic mass is 10.1. The minimum atomic E-state index is -0.0121. The van der Waals surface area contributed by atoms with Crippen LogP contribution in [0.3, 0.4) is 0 Å². The van der Waals surface area contributed by atoms with Crippen LogP contribution in [0.1, 0.15) is 15.9 Å². The number of carbonyl (C=O) groups excluding carboxylic acids is 1. The number of hydrogen-bond acceptors (Lipinski definition) is 5. The maximum Gasteiger partial charge on any atom is 0.253 e. The van der Waals surface area contributed by atoms with Crippen molar-refractivity contribution in [2.75, 3.05) is 38.3 Å². The molecule has 0 aliphatic carbocycles. The topological polar surface area (TPSA) is 63.5 Å². The fourth-order valence-electron chi connectivity index (χ4n) is 3.40. The van der Waals surface area contributed by atoms with Gasteiger partial charge in [0.25, 0.3) is 5.91 Å². The Morgan fingerprint density at radius 3 is 2.57 bits per heavy atom. The standard InChI is InChI=1S/C21H23N5O2/c1-24(14-18-4-2-3-5-20(18)25-10-12-28-13-11-25)21(27)17-6-8-19(9-7-17)26-16-22-15-23-26/h2-9,15-16H,10-14H2,1H3. The third kappa shape index (κ3) is 3.89. The SMILES string of the molecule is CN(Cc1ccccc1N1CCOCC1)C(=O)c1ccc(-n2cncn2)cc1. The van der Waals surface area contributed by atoms with E-state index in [9.17, 15) is 4.79 Å². The quantitative estimate of drug-likeness (QED) is 0.683. The molecule has 28 heavy (non-hydrogen) atoms. The lowest BCUT2D eigenvalue weighted by molar-refractivity contribution is 0.0785. The van der Waals surface area contributed by atoms with Crippen LogP contribution in [0, 0.1) is 0 Å². The predicted molar refractivity (Wildman–Crippen MR) is 107 cm³/mol. The van der Waals surface area contributed by atoms with E-state index in [4.69, 9.17) is 4.74 Å². The Kier molecular flexibility index (Phi) is 5.34. The summed E-state index contributed by atoms with van der Waals surface area (Å²) in [4.78, 5) is 20.9. The van der Waals surface area contributed by atoms with Crippen molar-refractivity contribution in [3.63, 3.8) is 0 Å². The third-order valence-electron chi connectivity index (χ3n) is 4.90. The Labute approximate surface area is 164 Å². The highest BCUT2D eigenvalue weighted by molar-refractivity contribution is 5.94. The summed E-state index contributed by atoms with van der Waals surface area (Å²) >= 11 is 0. The summed E-state index contributed by atoms with van der Waals surface area (Å²) in [6.07, 6.45) is 3.12. The Bertz CT molecular complexity index is 918. The van der Waals surface area contributed by atoms with E-state index in [-0.39, 0.29) is 5.91 Å². The van der Waals surface area contributed by atoms with Crippen LogP contribution in [0.5, 0.6) is 0 Å². The number of aromatic nitrogens is 3. The van der Waals surface area contributed by atoms with Gasteiger partial charge in [-0.25, -0.2) is 9.67 Å². The van der Waals surface area contributed by atoms with Gasteiger partial charge >= 0.3 is 0 Å². The molecule has 7 nitrogen and oxygen atoms in total. The molecule has 2 aromatic carbocycles. The summed E-state index contributed by atoms with van der Waals surface area (Å²) < 4.78 is 7.12. The van der Waals surface area contributed by atoms with Gasteiger partial charge in [-0.15, -0.1) is 0 Å². The van der Waals surface area contributed by atoms with Gasteiger partial charge in [0.2, 0.25) is 0 Å². The Morgan fingerprint density at radius 1 is 1.11 bits per heavy atom. The van der Waals surface area contributed by atoms with Crippen molar-refractivity contribution in [3.05, 3.63) is 72.3 Å². The van der Waals surface area contributed by atoms with E-state index in [2.05, 4.69) is 27.1 Å². The molecule has 7 heteroatoms. The molecule has 0 atom stereocenters. The minimum Gasteiger partial charge on any atom is -0.378 e. The molecule has 2 heterocycles. The zero-order chi connectivity index (χ0) is 19.3. The first-order valence-electron chi connectivity index (χ1n) is 9.33. The first kappa shape index (κ1) is 18.2. The molecule has 0 bridgehead atoms. The van der Waals surface area contributed by atoms with Crippen LogP contribution in [-0.4, -0.2) is 58.9 Å². The predicted octanol–water partition coefficient (Wildman–Crippen LogP) is 2.38. The van der Waals surface area contributed by atoms with Crippen LogP contribution in [-0.2, 0) is 11.3 Å². The van der Waals surface area contributed by atoms with Crippen molar-refractivity contribution in [2.45, 2.75) is 6.54 Å². The molecule has 0 N–H and O–H groups in total. The number of anilines is 1. The van der Waals surface area contributed by atoms with Crippen LogP contribution in [0.2, 0.25) is 0 Å². The molecule has 1 aliphatic rings. The summed E-state index contributed by atoms with van der Waals surface area (Å²) in [5.41, 5.74) is 3.83. The van der Waals surface area contributed by atoms with E-state index in [0.717, 1.165) is 37.6 Å². The van der Waals surface area contributed by atoms with E-state index in [1.165, 1.54) is 12.0 Å². The van der Waals surface area contributed by atoms with Crippen molar-refractivity contribution >= 4 is 11.6 Å². The molecule has 1 saturated heterocycles. The Hall–Kier alpha value is -3.19. The Balaban J connectivity index is 1.48. The molecular weight excluding hydrogens is 354 g/mol. The maximum atomic E-state index is 12.9. The third-order valence-corrected chi connectivity index (χ3v) is 4.90. The maximum absolute atomic E-state index is 12.9. The molecule has 0 spiro atoms. The number of nitrogens with zero attached hydrogens (tertiary/aromatic N) is 5. The average molecular weight is 377 g/mol. The fourth-order valence-corrected chi connectivity index (χ4v) is 3.40. The molecule has 1 aliphatic heterocycles. The van der Waals surface area contributed by atoms with E-state index < -0.39 is 0 Å². The molecule has 3 aromatic rings.